The van der Waals surface area contributed by atoms with Crippen molar-refractivity contribution in [1.29, 1.82) is 0 Å². The highest BCUT2D eigenvalue weighted by atomic mass is 19.1. The van der Waals surface area contributed by atoms with E-state index in [1.54, 1.807) is 6.92 Å². The predicted molar refractivity (Wildman–Crippen MR) is 97.4 cm³/mol. The standard InChI is InChI=1S/C19H20FN3O6/c1-10(24)21-12-5-6-13(14(20)7-12)15(25)9-29-16(26)8-23-17(27)19(2,11-3-4-11)22-18(23)28/h5-7,11H,3-4,8-9H2,1-2H3,(H,21,24)(H,22,28)/t19-/m1/s1. The minimum atomic E-state index is -1.02. The van der Waals surface area contributed by atoms with E-state index < -0.39 is 54.1 Å². The van der Waals surface area contributed by atoms with Crippen molar-refractivity contribution in [3.63, 3.8) is 0 Å². The fourth-order valence-electron chi connectivity index (χ4n) is 3.22. The minimum Gasteiger partial charge on any atom is -0.456 e. The number of nitrogens with zero attached hydrogens (tertiary/aromatic N) is 1. The molecule has 0 radical (unpaired) electrons. The molecule has 2 fully saturated rings. The molecule has 2 N–H and O–H groups in total. The van der Waals surface area contributed by atoms with Gasteiger partial charge in [-0.1, -0.05) is 0 Å². The summed E-state index contributed by atoms with van der Waals surface area (Å²) in [6, 6.07) is 2.79. The molecule has 1 heterocycles. The maximum Gasteiger partial charge on any atom is 0.326 e. The quantitative estimate of drug-likeness (QED) is 0.400. The smallest absolute Gasteiger partial charge is 0.326 e. The molecule has 1 aromatic carbocycles. The van der Waals surface area contributed by atoms with Crippen LogP contribution < -0.4 is 10.6 Å². The molecule has 9 nitrogen and oxygen atoms in total. The second-order valence-electron chi connectivity index (χ2n) is 7.26. The zero-order valence-corrected chi connectivity index (χ0v) is 15.9. The highest BCUT2D eigenvalue weighted by molar-refractivity contribution is 6.09. The molecule has 29 heavy (non-hydrogen) atoms. The van der Waals surface area contributed by atoms with Gasteiger partial charge < -0.3 is 15.4 Å². The summed E-state index contributed by atoms with van der Waals surface area (Å²) in [5.41, 5.74) is -1.16. The zero-order valence-electron chi connectivity index (χ0n) is 15.9. The normalized spacial score (nSPS) is 21.0. The average molecular weight is 405 g/mol. The molecule has 10 heteroatoms. The molecule has 1 atom stereocenters. The summed E-state index contributed by atoms with van der Waals surface area (Å²) in [5.74, 6) is -3.50. The van der Waals surface area contributed by atoms with Crippen molar-refractivity contribution < 1.29 is 33.1 Å². The van der Waals surface area contributed by atoms with Crippen molar-refractivity contribution in [3.8, 4) is 0 Å². The number of imide groups is 1. The molecule has 4 amide bonds. The maximum atomic E-state index is 14.1. The Morgan fingerprint density at radius 1 is 1.31 bits per heavy atom. The van der Waals surface area contributed by atoms with Gasteiger partial charge in [-0.3, -0.25) is 24.1 Å². The van der Waals surface area contributed by atoms with Gasteiger partial charge in [0, 0.05) is 12.6 Å². The van der Waals surface area contributed by atoms with E-state index in [1.807, 2.05) is 0 Å². The van der Waals surface area contributed by atoms with Gasteiger partial charge in [0.1, 0.15) is 17.9 Å². The van der Waals surface area contributed by atoms with Crippen molar-refractivity contribution >= 4 is 35.3 Å². The van der Waals surface area contributed by atoms with Gasteiger partial charge >= 0.3 is 12.0 Å². The lowest BCUT2D eigenvalue weighted by atomic mass is 9.96. The molecule has 1 saturated carbocycles. The highest BCUT2D eigenvalue weighted by Crippen LogP contribution is 2.42. The Balaban J connectivity index is 1.55. The second kappa shape index (κ2) is 7.61. The van der Waals surface area contributed by atoms with Crippen LogP contribution >= 0.6 is 0 Å². The molecule has 3 rings (SSSR count). The molecule has 1 saturated heterocycles. The number of carbonyl (C=O) groups excluding carboxylic acids is 5. The first-order valence-electron chi connectivity index (χ1n) is 9.02. The van der Waals surface area contributed by atoms with E-state index in [0.717, 1.165) is 29.9 Å². The molecule has 0 aromatic heterocycles. The monoisotopic (exact) mass is 405 g/mol. The number of amides is 4. The number of ketones is 1. The Morgan fingerprint density at radius 2 is 2.00 bits per heavy atom. The number of urea groups is 1. The summed E-state index contributed by atoms with van der Waals surface area (Å²) in [4.78, 5) is 60.3. The fourth-order valence-corrected chi connectivity index (χ4v) is 3.22. The van der Waals surface area contributed by atoms with Crippen LogP contribution in [0.1, 0.15) is 37.0 Å². The zero-order chi connectivity index (χ0) is 21.3. The number of benzene rings is 1. The van der Waals surface area contributed by atoms with Gasteiger partial charge in [0.2, 0.25) is 11.7 Å². The summed E-state index contributed by atoms with van der Waals surface area (Å²) in [7, 11) is 0. The first kappa shape index (κ1) is 20.4. The number of ether oxygens (including phenoxy) is 1. The third-order valence-electron chi connectivity index (χ3n) is 4.94. The van der Waals surface area contributed by atoms with E-state index in [-0.39, 0.29) is 17.2 Å². The van der Waals surface area contributed by atoms with E-state index in [9.17, 15) is 28.4 Å². The Kier molecular flexibility index (Phi) is 5.36. The second-order valence-corrected chi connectivity index (χ2v) is 7.26. The van der Waals surface area contributed by atoms with E-state index in [2.05, 4.69) is 10.6 Å². The van der Waals surface area contributed by atoms with Crippen LogP contribution in [0.3, 0.4) is 0 Å². The predicted octanol–water partition coefficient (Wildman–Crippen LogP) is 1.23. The number of rotatable bonds is 7. The largest absolute Gasteiger partial charge is 0.456 e. The number of carbonyl (C=O) groups is 5. The topological polar surface area (TPSA) is 122 Å². The van der Waals surface area contributed by atoms with Gasteiger partial charge in [0.15, 0.2) is 6.61 Å². The van der Waals surface area contributed by atoms with Crippen molar-refractivity contribution in [3.05, 3.63) is 29.6 Å². The maximum absolute atomic E-state index is 14.1. The molecular weight excluding hydrogens is 385 g/mol. The number of hydrogen-bond acceptors (Lipinski definition) is 6. The number of Topliss-reactive ketones (excluding diaryl/α,β-unsaturated/α-hetero) is 1. The Morgan fingerprint density at radius 3 is 2.59 bits per heavy atom. The van der Waals surface area contributed by atoms with Crippen LogP contribution in [0.5, 0.6) is 0 Å². The Labute approximate surface area is 165 Å². The van der Waals surface area contributed by atoms with Crippen molar-refractivity contribution in [1.82, 2.24) is 10.2 Å². The molecule has 1 aliphatic carbocycles. The molecule has 154 valence electrons. The summed E-state index contributed by atoms with van der Waals surface area (Å²) >= 11 is 0. The van der Waals surface area contributed by atoms with Crippen LogP contribution in [-0.4, -0.2) is 53.2 Å². The van der Waals surface area contributed by atoms with Crippen LogP contribution in [0.2, 0.25) is 0 Å². The highest BCUT2D eigenvalue weighted by Gasteiger charge is 2.56. The number of anilines is 1. The van der Waals surface area contributed by atoms with Gasteiger partial charge in [-0.15, -0.1) is 0 Å². The summed E-state index contributed by atoms with van der Waals surface area (Å²) in [6.45, 7) is 1.49. The number of nitrogens with one attached hydrogen (secondary N) is 2. The van der Waals surface area contributed by atoms with Crippen LogP contribution in [0.15, 0.2) is 18.2 Å². The van der Waals surface area contributed by atoms with Gasteiger partial charge in [0.05, 0.1) is 5.56 Å². The van der Waals surface area contributed by atoms with Gasteiger partial charge in [-0.05, 0) is 43.9 Å². The van der Waals surface area contributed by atoms with Crippen LogP contribution in [0, 0.1) is 11.7 Å². The molecular formula is C19H20FN3O6. The number of esters is 1. The lowest BCUT2D eigenvalue weighted by Gasteiger charge is -2.20. The van der Waals surface area contributed by atoms with E-state index >= 15 is 0 Å². The van der Waals surface area contributed by atoms with Crippen molar-refractivity contribution in [2.24, 2.45) is 5.92 Å². The number of hydrogen-bond donors (Lipinski definition) is 2. The summed E-state index contributed by atoms with van der Waals surface area (Å²) < 4.78 is 18.9. The SMILES string of the molecule is CC(=O)Nc1ccc(C(=O)COC(=O)CN2C(=O)N[C@](C)(C3CC3)C2=O)c(F)c1. The van der Waals surface area contributed by atoms with E-state index in [4.69, 9.17) is 4.74 Å². The molecule has 0 spiro atoms. The first-order valence-corrected chi connectivity index (χ1v) is 9.02. The molecule has 1 aromatic rings. The Bertz CT molecular complexity index is 913. The van der Waals surface area contributed by atoms with E-state index in [1.165, 1.54) is 13.0 Å². The van der Waals surface area contributed by atoms with Gasteiger partial charge in [-0.2, -0.15) is 0 Å². The third-order valence-corrected chi connectivity index (χ3v) is 4.94. The fraction of sp³-hybridized carbons (Fsp3) is 0.421. The summed E-state index contributed by atoms with van der Waals surface area (Å²) in [6.07, 6.45) is 1.64. The molecule has 0 unspecified atom stereocenters. The average Bonchev–Trinajstić information content (AvgIpc) is 3.45. The third kappa shape index (κ3) is 4.25. The van der Waals surface area contributed by atoms with Gasteiger partial charge in [-0.25, -0.2) is 9.18 Å². The van der Waals surface area contributed by atoms with Crippen LogP contribution in [0.25, 0.3) is 0 Å². The van der Waals surface area contributed by atoms with Crippen LogP contribution in [-0.2, 0) is 19.1 Å². The van der Waals surface area contributed by atoms with Crippen molar-refractivity contribution in [2.45, 2.75) is 32.2 Å². The minimum absolute atomic E-state index is 0.0463. The Hall–Kier alpha value is -3.30. The summed E-state index contributed by atoms with van der Waals surface area (Å²) in [5, 5.41) is 4.98. The van der Waals surface area contributed by atoms with Gasteiger partial charge in [0.25, 0.3) is 5.91 Å². The first-order chi connectivity index (χ1) is 13.6. The van der Waals surface area contributed by atoms with Crippen LogP contribution in [0.4, 0.5) is 14.9 Å². The molecule has 1 aliphatic heterocycles. The molecule has 2 aliphatic rings. The lowest BCUT2D eigenvalue weighted by Crippen LogP contribution is -2.46. The lowest BCUT2D eigenvalue weighted by molar-refractivity contribution is -0.146. The number of halogens is 1. The molecule has 0 bridgehead atoms. The van der Waals surface area contributed by atoms with Crippen molar-refractivity contribution in [2.75, 3.05) is 18.5 Å². The van der Waals surface area contributed by atoms with E-state index in [0.29, 0.717) is 0 Å².